The molecule has 1 fully saturated rings. The molecule has 15 heavy (non-hydrogen) atoms. The van der Waals surface area contributed by atoms with Gasteiger partial charge in [-0.25, -0.2) is 4.99 Å². The summed E-state index contributed by atoms with van der Waals surface area (Å²) in [4.78, 5) is 4.46. The van der Waals surface area contributed by atoms with Crippen LogP contribution in [0.2, 0.25) is 0 Å². The quantitative estimate of drug-likeness (QED) is 0.696. The van der Waals surface area contributed by atoms with Crippen molar-refractivity contribution in [3.8, 4) is 6.07 Å². The van der Waals surface area contributed by atoms with Crippen molar-refractivity contribution in [3.05, 3.63) is 0 Å². The third-order valence-electron chi connectivity index (χ3n) is 3.24. The molecular formula is C11H16N2O2. The van der Waals surface area contributed by atoms with Crippen molar-refractivity contribution in [1.82, 2.24) is 0 Å². The molecule has 2 unspecified atom stereocenters. The van der Waals surface area contributed by atoms with Gasteiger partial charge < -0.3 is 9.47 Å². The average molecular weight is 208 g/mol. The summed E-state index contributed by atoms with van der Waals surface area (Å²) in [6.45, 7) is 4.94. The van der Waals surface area contributed by atoms with Crippen LogP contribution in [-0.2, 0) is 9.47 Å². The summed E-state index contributed by atoms with van der Waals surface area (Å²) < 4.78 is 11.2. The third-order valence-corrected chi connectivity index (χ3v) is 3.24. The molecule has 0 aromatic heterocycles. The number of aliphatic imine (C=N–C) groups is 1. The van der Waals surface area contributed by atoms with Crippen molar-refractivity contribution in [2.24, 2.45) is 10.4 Å². The number of hydrogen-bond acceptors (Lipinski definition) is 4. The first-order valence-electron chi connectivity index (χ1n) is 5.42. The second-order valence-electron chi connectivity index (χ2n) is 4.15. The first-order chi connectivity index (χ1) is 7.18. The van der Waals surface area contributed by atoms with Gasteiger partial charge in [-0.2, -0.15) is 5.26 Å². The number of nitrogens with zero attached hydrogens (tertiary/aromatic N) is 2. The maximum atomic E-state index is 9.35. The molecule has 2 heterocycles. The zero-order valence-corrected chi connectivity index (χ0v) is 9.25. The summed E-state index contributed by atoms with van der Waals surface area (Å²) in [6, 6.07) is 2.37. The smallest absolute Gasteiger partial charge is 0.288 e. The average Bonchev–Trinajstić information content (AvgIpc) is 2.57. The molecule has 0 N–H and O–H groups in total. The van der Waals surface area contributed by atoms with Crippen molar-refractivity contribution < 1.29 is 9.47 Å². The normalized spacial score (nSPS) is 39.4. The molecule has 2 rings (SSSR count). The molecule has 1 saturated heterocycles. The highest BCUT2D eigenvalue weighted by Gasteiger charge is 2.60. The SMILES string of the molecule is CCOC12N=C(C)CCC1(C#N)CCO2. The fourth-order valence-corrected chi connectivity index (χ4v) is 2.37. The van der Waals surface area contributed by atoms with Gasteiger partial charge in [-0.15, -0.1) is 0 Å². The molecule has 0 aromatic rings. The molecule has 0 aromatic carbocycles. The highest BCUT2D eigenvalue weighted by molar-refractivity contribution is 5.83. The van der Waals surface area contributed by atoms with Gasteiger partial charge >= 0.3 is 0 Å². The van der Waals surface area contributed by atoms with Crippen molar-refractivity contribution in [2.75, 3.05) is 13.2 Å². The lowest BCUT2D eigenvalue weighted by Crippen LogP contribution is -2.48. The van der Waals surface area contributed by atoms with Crippen molar-refractivity contribution >= 4 is 5.71 Å². The molecule has 0 saturated carbocycles. The van der Waals surface area contributed by atoms with Crippen LogP contribution < -0.4 is 0 Å². The molecule has 0 bridgehead atoms. The van der Waals surface area contributed by atoms with E-state index in [1.54, 1.807) is 0 Å². The zero-order valence-electron chi connectivity index (χ0n) is 9.25. The Hall–Kier alpha value is -0.920. The van der Waals surface area contributed by atoms with E-state index >= 15 is 0 Å². The van der Waals surface area contributed by atoms with Gasteiger partial charge in [0.2, 0.25) is 0 Å². The van der Waals surface area contributed by atoms with Gasteiger partial charge in [0.1, 0.15) is 5.41 Å². The zero-order chi connectivity index (χ0) is 10.9. The summed E-state index contributed by atoms with van der Waals surface area (Å²) in [5.41, 5.74) is 0.443. The topological polar surface area (TPSA) is 54.6 Å². The van der Waals surface area contributed by atoms with Gasteiger partial charge in [0.15, 0.2) is 0 Å². The van der Waals surface area contributed by atoms with E-state index in [9.17, 15) is 5.26 Å². The minimum absolute atomic E-state index is 0.514. The summed E-state index contributed by atoms with van der Waals surface area (Å²) in [5.74, 6) is -1.02. The van der Waals surface area contributed by atoms with Crippen LogP contribution in [0.25, 0.3) is 0 Å². The van der Waals surface area contributed by atoms with E-state index in [1.807, 2.05) is 13.8 Å². The van der Waals surface area contributed by atoms with Crippen LogP contribution >= 0.6 is 0 Å². The largest absolute Gasteiger partial charge is 0.331 e. The second-order valence-corrected chi connectivity index (χ2v) is 4.15. The fraction of sp³-hybridized carbons (Fsp3) is 0.818. The molecular weight excluding hydrogens is 192 g/mol. The Kier molecular flexibility index (Phi) is 2.53. The lowest BCUT2D eigenvalue weighted by Gasteiger charge is -2.39. The van der Waals surface area contributed by atoms with Crippen molar-refractivity contribution in [2.45, 2.75) is 39.0 Å². The molecule has 0 radical (unpaired) electrons. The predicted molar refractivity (Wildman–Crippen MR) is 55.3 cm³/mol. The number of ether oxygens (including phenoxy) is 2. The molecule has 0 spiro atoms. The van der Waals surface area contributed by atoms with E-state index in [1.165, 1.54) is 0 Å². The molecule has 4 heteroatoms. The van der Waals surface area contributed by atoms with Crippen LogP contribution in [0, 0.1) is 16.7 Å². The third kappa shape index (κ3) is 1.38. The highest BCUT2D eigenvalue weighted by Crippen LogP contribution is 2.50. The molecule has 0 amide bonds. The lowest BCUT2D eigenvalue weighted by molar-refractivity contribution is -0.242. The number of fused-ring (bicyclic) bond motifs is 1. The molecule has 82 valence electrons. The standard InChI is InChI=1S/C11H16N2O2/c1-3-14-11-10(8-12,6-7-15-11)5-4-9(2)13-11/h3-7H2,1-2H3. The summed E-state index contributed by atoms with van der Waals surface area (Å²) in [7, 11) is 0. The van der Waals surface area contributed by atoms with Crippen LogP contribution in [0.5, 0.6) is 0 Å². The Labute approximate surface area is 89.9 Å². The molecule has 2 atom stereocenters. The predicted octanol–water partition coefficient (Wildman–Crippen LogP) is 1.86. The molecule has 0 aliphatic carbocycles. The van der Waals surface area contributed by atoms with Crippen LogP contribution in [0.3, 0.4) is 0 Å². The highest BCUT2D eigenvalue weighted by atomic mass is 16.7. The maximum absolute atomic E-state index is 9.35. The number of nitriles is 1. The van der Waals surface area contributed by atoms with Crippen molar-refractivity contribution in [1.29, 1.82) is 5.26 Å². The Morgan fingerprint density at radius 1 is 1.60 bits per heavy atom. The van der Waals surface area contributed by atoms with E-state index in [0.717, 1.165) is 25.0 Å². The van der Waals surface area contributed by atoms with Crippen LogP contribution in [0.1, 0.15) is 33.1 Å². The lowest BCUT2D eigenvalue weighted by atomic mass is 9.77. The monoisotopic (exact) mass is 208 g/mol. The van der Waals surface area contributed by atoms with Crippen molar-refractivity contribution in [3.63, 3.8) is 0 Å². The van der Waals surface area contributed by atoms with Crippen LogP contribution in [0.4, 0.5) is 0 Å². The van der Waals surface area contributed by atoms with Crippen LogP contribution in [0.15, 0.2) is 4.99 Å². The maximum Gasteiger partial charge on any atom is 0.288 e. The van der Waals surface area contributed by atoms with Gasteiger partial charge in [0.05, 0.1) is 12.7 Å². The van der Waals surface area contributed by atoms with Gasteiger partial charge in [0, 0.05) is 12.3 Å². The minimum atomic E-state index is -1.02. The molecule has 2 aliphatic heterocycles. The van der Waals surface area contributed by atoms with Gasteiger partial charge in [-0.05, 0) is 33.1 Å². The Morgan fingerprint density at radius 2 is 2.40 bits per heavy atom. The van der Waals surface area contributed by atoms with Gasteiger partial charge in [-0.1, -0.05) is 0 Å². The van der Waals surface area contributed by atoms with E-state index in [2.05, 4.69) is 11.1 Å². The van der Waals surface area contributed by atoms with Gasteiger partial charge in [-0.3, -0.25) is 0 Å². The Bertz CT molecular complexity index is 334. The molecule has 2 aliphatic rings. The Morgan fingerprint density at radius 3 is 3.07 bits per heavy atom. The molecule has 4 nitrogen and oxygen atoms in total. The first kappa shape index (κ1) is 10.6. The summed E-state index contributed by atoms with van der Waals surface area (Å²) >= 11 is 0. The van der Waals surface area contributed by atoms with E-state index in [-0.39, 0.29) is 0 Å². The number of hydrogen-bond donors (Lipinski definition) is 0. The van der Waals surface area contributed by atoms with E-state index in [4.69, 9.17) is 9.47 Å². The van der Waals surface area contributed by atoms with E-state index < -0.39 is 11.3 Å². The second kappa shape index (κ2) is 3.58. The fourth-order valence-electron chi connectivity index (χ4n) is 2.37. The Balaban J connectivity index is 2.42. The summed E-state index contributed by atoms with van der Waals surface area (Å²) in [5, 5.41) is 9.35. The summed E-state index contributed by atoms with van der Waals surface area (Å²) in [6.07, 6.45) is 2.38. The van der Waals surface area contributed by atoms with E-state index in [0.29, 0.717) is 13.2 Å². The number of rotatable bonds is 2. The first-order valence-corrected chi connectivity index (χ1v) is 5.42. The minimum Gasteiger partial charge on any atom is -0.331 e. The van der Waals surface area contributed by atoms with Gasteiger partial charge in [0.25, 0.3) is 5.91 Å². The van der Waals surface area contributed by atoms with Crippen LogP contribution in [-0.4, -0.2) is 24.8 Å².